The summed E-state index contributed by atoms with van der Waals surface area (Å²) in [6.45, 7) is 4.41. The van der Waals surface area contributed by atoms with E-state index in [2.05, 4.69) is 5.32 Å². The monoisotopic (exact) mass is 406 g/mol. The van der Waals surface area contributed by atoms with Gasteiger partial charge in [-0.2, -0.15) is 11.3 Å². The van der Waals surface area contributed by atoms with Crippen LogP contribution in [0.3, 0.4) is 0 Å². The molecule has 2 heterocycles. The Kier molecular flexibility index (Phi) is 6.55. The number of nitrogens with one attached hydrogen (secondary N) is 1. The quantitative estimate of drug-likeness (QED) is 0.750. The summed E-state index contributed by atoms with van der Waals surface area (Å²) in [4.78, 5) is 27.3. The molecule has 1 aliphatic heterocycles. The Hall–Kier alpha value is -1.86. The van der Waals surface area contributed by atoms with Crippen molar-refractivity contribution >= 4 is 34.9 Å². The second kappa shape index (κ2) is 8.89. The lowest BCUT2D eigenvalue weighted by Crippen LogP contribution is -2.49. The molecule has 0 radical (unpaired) electrons. The maximum absolute atomic E-state index is 13.0. The van der Waals surface area contributed by atoms with Gasteiger partial charge >= 0.3 is 0 Å². The average Bonchev–Trinajstić information content (AvgIpc) is 3.28. The smallest absolute Gasteiger partial charge is 0.243 e. The summed E-state index contributed by atoms with van der Waals surface area (Å²) in [6, 6.07) is 7.55. The molecular formula is C20H23FN2O2S2. The number of thiophene rings is 1. The molecule has 1 aromatic carbocycles. The van der Waals surface area contributed by atoms with Gasteiger partial charge in [-0.3, -0.25) is 9.59 Å². The molecule has 2 amide bonds. The van der Waals surface area contributed by atoms with E-state index in [0.717, 1.165) is 11.1 Å². The minimum atomic E-state index is -0.516. The largest absolute Gasteiger partial charge is 0.350 e. The first kappa shape index (κ1) is 19.9. The molecule has 1 N–H and O–H groups in total. The Morgan fingerprint density at radius 1 is 1.30 bits per heavy atom. The third-order valence-corrected chi connectivity index (χ3v) is 6.38. The fourth-order valence-electron chi connectivity index (χ4n) is 3.15. The topological polar surface area (TPSA) is 49.4 Å². The van der Waals surface area contributed by atoms with Gasteiger partial charge < -0.3 is 10.2 Å². The number of rotatable bonds is 7. The molecule has 2 atom stereocenters. The number of halogens is 1. The van der Waals surface area contributed by atoms with Gasteiger partial charge in [-0.25, -0.2) is 4.39 Å². The highest BCUT2D eigenvalue weighted by Gasteiger charge is 2.41. The van der Waals surface area contributed by atoms with Gasteiger partial charge in [-0.1, -0.05) is 26.0 Å². The van der Waals surface area contributed by atoms with Gasteiger partial charge in [0.05, 0.1) is 5.75 Å². The highest BCUT2D eigenvalue weighted by molar-refractivity contribution is 8.00. The van der Waals surface area contributed by atoms with Crippen molar-refractivity contribution in [1.82, 2.24) is 10.2 Å². The van der Waals surface area contributed by atoms with Crippen molar-refractivity contribution in [3.8, 4) is 0 Å². The predicted octanol–water partition coefficient (Wildman–Crippen LogP) is 4.19. The van der Waals surface area contributed by atoms with E-state index in [1.165, 1.54) is 12.1 Å². The second-order valence-electron chi connectivity index (χ2n) is 7.01. The molecule has 7 heteroatoms. The number of thioether (sulfide) groups is 1. The molecule has 0 bridgehead atoms. The zero-order valence-corrected chi connectivity index (χ0v) is 17.0. The Bertz CT molecular complexity index is 778. The van der Waals surface area contributed by atoms with E-state index in [4.69, 9.17) is 0 Å². The van der Waals surface area contributed by atoms with Crippen LogP contribution in [0.5, 0.6) is 0 Å². The van der Waals surface area contributed by atoms with Crippen molar-refractivity contribution < 1.29 is 14.0 Å². The van der Waals surface area contributed by atoms with E-state index < -0.39 is 6.04 Å². The van der Waals surface area contributed by atoms with Crippen LogP contribution < -0.4 is 5.32 Å². The molecule has 1 fully saturated rings. The molecule has 2 aromatic rings. The summed E-state index contributed by atoms with van der Waals surface area (Å²) in [5, 5.41) is 6.83. The van der Waals surface area contributed by atoms with Crippen LogP contribution in [0.4, 0.5) is 4.39 Å². The summed E-state index contributed by atoms with van der Waals surface area (Å²) in [7, 11) is 0. The van der Waals surface area contributed by atoms with Crippen molar-refractivity contribution in [2.75, 3.05) is 5.75 Å². The molecule has 0 aliphatic carbocycles. The maximum Gasteiger partial charge on any atom is 0.243 e. The van der Waals surface area contributed by atoms with Crippen LogP contribution in [0.1, 0.15) is 36.8 Å². The molecule has 144 valence electrons. The minimum Gasteiger partial charge on any atom is -0.350 e. The highest BCUT2D eigenvalue weighted by atomic mass is 32.2. The molecule has 0 saturated carbocycles. The number of nitrogens with zero attached hydrogens (tertiary/aromatic N) is 1. The van der Waals surface area contributed by atoms with Gasteiger partial charge in [0.1, 0.15) is 17.2 Å². The maximum atomic E-state index is 13.0. The third kappa shape index (κ3) is 4.90. The Morgan fingerprint density at radius 2 is 2.04 bits per heavy atom. The summed E-state index contributed by atoms with van der Waals surface area (Å²) in [5.41, 5.74) is 1.89. The number of carbonyl (C=O) groups excluding carboxylic acids is 2. The normalized spacial score (nSPS) is 18.1. The standard InChI is InChI=1S/C20H23FN2O2S2/c1-13(2)9-17(19(25)22-10-14-3-5-16(21)6-4-14)23-18(24)12-27-20(23)15-7-8-26-11-15/h3-8,11,13,17,20H,9-10,12H2,1-2H3,(H,22,25). The first-order valence-electron chi connectivity index (χ1n) is 8.92. The fourth-order valence-corrected chi connectivity index (χ4v) is 5.13. The summed E-state index contributed by atoms with van der Waals surface area (Å²) < 4.78 is 13.0. The molecule has 27 heavy (non-hydrogen) atoms. The third-order valence-electron chi connectivity index (χ3n) is 4.45. The SMILES string of the molecule is CC(C)CC(C(=O)NCc1ccc(F)cc1)N1C(=O)CSC1c1ccsc1. The van der Waals surface area contributed by atoms with Gasteiger partial charge in [-0.15, -0.1) is 11.8 Å². The first-order chi connectivity index (χ1) is 13.0. The Morgan fingerprint density at radius 3 is 2.67 bits per heavy atom. The van der Waals surface area contributed by atoms with Crippen molar-refractivity contribution in [2.45, 2.75) is 38.2 Å². The van der Waals surface area contributed by atoms with E-state index in [0.29, 0.717) is 18.7 Å². The molecule has 2 unspecified atom stereocenters. The Balaban J connectivity index is 1.76. The van der Waals surface area contributed by atoms with Gasteiger partial charge in [0.2, 0.25) is 11.8 Å². The molecule has 3 rings (SSSR count). The van der Waals surface area contributed by atoms with Gasteiger partial charge in [-0.05, 0) is 52.4 Å². The molecule has 1 aliphatic rings. The van der Waals surface area contributed by atoms with Crippen molar-refractivity contribution in [1.29, 1.82) is 0 Å². The molecule has 4 nitrogen and oxygen atoms in total. The van der Waals surface area contributed by atoms with Crippen LogP contribution in [0.25, 0.3) is 0 Å². The zero-order valence-electron chi connectivity index (χ0n) is 15.4. The molecular weight excluding hydrogens is 383 g/mol. The zero-order chi connectivity index (χ0) is 19.4. The van der Waals surface area contributed by atoms with Crippen molar-refractivity contribution in [3.63, 3.8) is 0 Å². The first-order valence-corrected chi connectivity index (χ1v) is 10.9. The van der Waals surface area contributed by atoms with Crippen LogP contribution >= 0.6 is 23.1 Å². The van der Waals surface area contributed by atoms with E-state index in [1.54, 1.807) is 40.1 Å². The summed E-state index contributed by atoms with van der Waals surface area (Å²) in [6.07, 6.45) is 0.599. The van der Waals surface area contributed by atoms with E-state index in [9.17, 15) is 14.0 Å². The Labute approximate surface area is 167 Å². The average molecular weight is 407 g/mol. The summed E-state index contributed by atoms with van der Waals surface area (Å²) in [5.74, 6) is 0.192. The number of carbonyl (C=O) groups is 2. The lowest BCUT2D eigenvalue weighted by Gasteiger charge is -2.32. The number of hydrogen-bond acceptors (Lipinski definition) is 4. The van der Waals surface area contributed by atoms with Crippen molar-refractivity contribution in [3.05, 3.63) is 58.0 Å². The van der Waals surface area contributed by atoms with Crippen molar-refractivity contribution in [2.24, 2.45) is 5.92 Å². The van der Waals surface area contributed by atoms with E-state index >= 15 is 0 Å². The molecule has 1 saturated heterocycles. The minimum absolute atomic E-state index is 0.00113. The summed E-state index contributed by atoms with van der Waals surface area (Å²) >= 11 is 3.16. The van der Waals surface area contributed by atoms with Crippen LogP contribution in [0, 0.1) is 11.7 Å². The molecule has 1 aromatic heterocycles. The second-order valence-corrected chi connectivity index (χ2v) is 8.86. The van der Waals surface area contributed by atoms with E-state index in [-0.39, 0.29) is 28.9 Å². The van der Waals surface area contributed by atoms with E-state index in [1.807, 2.05) is 30.7 Å². The molecule has 0 spiro atoms. The van der Waals surface area contributed by atoms with Crippen LogP contribution in [0.15, 0.2) is 41.1 Å². The number of benzene rings is 1. The number of amides is 2. The lowest BCUT2D eigenvalue weighted by molar-refractivity contribution is -0.139. The van der Waals surface area contributed by atoms with Crippen LogP contribution in [-0.2, 0) is 16.1 Å². The van der Waals surface area contributed by atoms with Crippen LogP contribution in [-0.4, -0.2) is 28.5 Å². The number of hydrogen-bond donors (Lipinski definition) is 1. The van der Waals surface area contributed by atoms with Crippen LogP contribution in [0.2, 0.25) is 0 Å². The fraction of sp³-hybridized carbons (Fsp3) is 0.400. The predicted molar refractivity (Wildman–Crippen MR) is 108 cm³/mol. The lowest BCUT2D eigenvalue weighted by atomic mass is 10.0. The highest BCUT2D eigenvalue weighted by Crippen LogP contribution is 2.41. The van der Waals surface area contributed by atoms with Gasteiger partial charge in [0.25, 0.3) is 0 Å². The van der Waals surface area contributed by atoms with Gasteiger partial charge in [0, 0.05) is 6.54 Å². The van der Waals surface area contributed by atoms with Gasteiger partial charge in [0.15, 0.2) is 0 Å².